The molecule has 70 heavy (non-hydrogen) atoms. The minimum Gasteiger partial charge on any atom is -0.304 e. The van der Waals surface area contributed by atoms with Gasteiger partial charge in [-0.15, -0.1) is 107 Å². The van der Waals surface area contributed by atoms with Crippen LogP contribution in [0.15, 0.2) is 134 Å². The van der Waals surface area contributed by atoms with Crippen LogP contribution in [0.1, 0.15) is 141 Å². The smallest absolute Gasteiger partial charge is 0.304 e. The Morgan fingerprint density at radius 2 is 1.16 bits per heavy atom. The molecule has 8 aromatic rings. The first-order valence-electron chi connectivity index (χ1n) is 29.2. The Balaban J connectivity index is 0.00000841. The van der Waals surface area contributed by atoms with Crippen LogP contribution >= 0.6 is 0 Å². The van der Waals surface area contributed by atoms with Crippen LogP contribution in [0.5, 0.6) is 0 Å². The van der Waals surface area contributed by atoms with Crippen molar-refractivity contribution >= 4 is 0 Å². The second kappa shape index (κ2) is 20.9. The molecule has 0 unspecified atom stereocenters. The summed E-state index contributed by atoms with van der Waals surface area (Å²) in [5.74, 6) is 0. The van der Waals surface area contributed by atoms with E-state index in [1.165, 1.54) is 18.3 Å². The maximum Gasteiger partial charge on any atom is 3.00 e. The zero-order chi connectivity index (χ0) is 57.1. The first-order chi connectivity index (χ1) is 37.0. The molecule has 3 aromatic heterocycles. The van der Waals surface area contributed by atoms with Gasteiger partial charge in [0.05, 0.1) is 0 Å². The van der Waals surface area contributed by atoms with E-state index in [0.717, 1.165) is 81.6 Å². The van der Waals surface area contributed by atoms with E-state index in [-0.39, 0.29) is 58.9 Å². The molecule has 1 fully saturated rings. The number of pyridine rings is 3. The molecule has 0 aliphatic heterocycles. The van der Waals surface area contributed by atoms with Gasteiger partial charge in [-0.05, 0) is 172 Å². The Labute approximate surface area is 447 Å². The normalized spacial score (nSPS) is 16.5. The minimum atomic E-state index is -2.85. The molecule has 3 heterocycles. The summed E-state index contributed by atoms with van der Waals surface area (Å²) in [5.41, 5.74) is 10.3. The van der Waals surface area contributed by atoms with E-state index in [1.54, 1.807) is 24.3 Å². The number of nitrogens with zero attached hydrogens (tertiary/aromatic N) is 3. The molecule has 9 rings (SSSR count). The fraction of sp³-hybridized carbons (Fsp3) is 0.318. The average Bonchev–Trinajstić information content (AvgIpc) is 4.00. The van der Waals surface area contributed by atoms with Crippen molar-refractivity contribution in [1.29, 1.82) is 0 Å². The fourth-order valence-electron chi connectivity index (χ4n) is 10.4. The van der Waals surface area contributed by atoms with Crippen molar-refractivity contribution < 1.29 is 33.8 Å². The maximum absolute atomic E-state index is 10.4. The second-order valence-electron chi connectivity index (χ2n) is 20.6. The number of aryl methyl sites for hydroxylation is 3. The van der Waals surface area contributed by atoms with E-state index in [1.807, 2.05) is 93.0 Å². The monoisotopic (exact) mass is 1110 g/mol. The van der Waals surface area contributed by atoms with Crippen LogP contribution in [-0.2, 0) is 61.9 Å². The molecule has 1 saturated carbocycles. The first-order valence-corrected chi connectivity index (χ1v) is 24.2. The van der Waals surface area contributed by atoms with Crippen molar-refractivity contribution in [2.75, 3.05) is 0 Å². The van der Waals surface area contributed by atoms with Crippen molar-refractivity contribution in [1.82, 2.24) is 15.0 Å². The largest absolute Gasteiger partial charge is 3.00 e. The van der Waals surface area contributed by atoms with Gasteiger partial charge < -0.3 is 15.0 Å². The van der Waals surface area contributed by atoms with Crippen LogP contribution in [-0.4, -0.2) is 15.0 Å². The van der Waals surface area contributed by atoms with Gasteiger partial charge in [0.15, 0.2) is 0 Å². The standard InChI is InChI=1S/C66H68N3.Ir/c1-44-23-25-51(26-24-44)63-38-58(56-32-28-53(37-45(56)2)66(10)35-17-18-36-66)52(41-67-63)27-31-57-46(3)59(39-64(6,7)54-29-33-61(68-42-54)49-19-13-11-14-20-49)48(5)60(47(57)4)40-65(8,9)55-30-34-62(69-43-55)50-21-15-12-16-22-50;/h11-16,19,21,23-25,28-30,32-34,37-38,41-43H,17-18,27,31,35-36,39-40H2,1-10H3;/q-3;+3/i1D3,2D3,27D2,31D2;. The van der Waals surface area contributed by atoms with Crippen molar-refractivity contribution in [2.45, 2.75) is 137 Å². The van der Waals surface area contributed by atoms with Crippen LogP contribution in [0.25, 0.3) is 44.9 Å². The quantitative estimate of drug-likeness (QED) is 0.102. The number of rotatable bonds is 14. The molecular weight excluding hydrogens is 1030 g/mol. The summed E-state index contributed by atoms with van der Waals surface area (Å²) in [7, 11) is 0. The van der Waals surface area contributed by atoms with E-state index < -0.39 is 37.3 Å². The summed E-state index contributed by atoms with van der Waals surface area (Å²) >= 11 is 0. The van der Waals surface area contributed by atoms with Gasteiger partial charge in [-0.2, -0.15) is 0 Å². The molecule has 356 valence electrons. The maximum atomic E-state index is 10.4. The molecule has 0 bridgehead atoms. The Kier molecular flexibility index (Phi) is 11.6. The van der Waals surface area contributed by atoms with Crippen molar-refractivity contribution in [3.05, 3.63) is 219 Å². The molecular formula is C66H68IrN3. The minimum absolute atomic E-state index is 0. The molecule has 0 saturated heterocycles. The van der Waals surface area contributed by atoms with Crippen molar-refractivity contribution in [3.8, 4) is 44.9 Å². The average molecular weight is 1110 g/mol. The number of hydrogen-bond acceptors (Lipinski definition) is 3. The molecule has 0 radical (unpaired) electrons. The van der Waals surface area contributed by atoms with Gasteiger partial charge in [-0.3, -0.25) is 0 Å². The number of hydrogen-bond donors (Lipinski definition) is 0. The summed E-state index contributed by atoms with van der Waals surface area (Å²) in [6.45, 7) is 11.6. The van der Waals surface area contributed by atoms with E-state index >= 15 is 0 Å². The Hall–Kier alpha value is -5.80. The van der Waals surface area contributed by atoms with Crippen LogP contribution < -0.4 is 0 Å². The summed E-state index contributed by atoms with van der Waals surface area (Å²) in [6, 6.07) is 44.7. The van der Waals surface area contributed by atoms with Crippen LogP contribution in [0.3, 0.4) is 0 Å². The van der Waals surface area contributed by atoms with Crippen LogP contribution in [0, 0.1) is 52.7 Å². The molecule has 1 aliphatic carbocycles. The molecule has 0 amide bonds. The Bertz CT molecular complexity index is 3370. The molecule has 0 spiro atoms. The van der Waals surface area contributed by atoms with E-state index in [4.69, 9.17) is 23.2 Å². The van der Waals surface area contributed by atoms with Gasteiger partial charge in [0.1, 0.15) is 0 Å². The van der Waals surface area contributed by atoms with Crippen LogP contribution in [0.2, 0.25) is 0 Å². The predicted octanol–water partition coefficient (Wildman–Crippen LogP) is 16.1. The summed E-state index contributed by atoms with van der Waals surface area (Å²) in [4.78, 5) is 14.5. The van der Waals surface area contributed by atoms with E-state index in [0.29, 0.717) is 35.2 Å². The van der Waals surface area contributed by atoms with Crippen LogP contribution in [0.4, 0.5) is 0 Å². The third-order valence-corrected chi connectivity index (χ3v) is 14.9. The van der Waals surface area contributed by atoms with Gasteiger partial charge in [-0.25, -0.2) is 0 Å². The molecule has 0 N–H and O–H groups in total. The number of aromatic nitrogens is 3. The summed E-state index contributed by atoms with van der Waals surface area (Å²) in [5, 5.41) is 0. The SMILES string of the molecule is [2H]C([2H])([2H])c1c[c-]c(-c2cc(-c3ccc(C4(C)CCCC4)cc3C([2H])([2H])[2H])c(C([2H])([2H])C([2H])([2H])c3c(C)c(CC(C)(C)c4ccc(-c5[c-]cccc5)nc4)c(C)c(CC(C)(C)c4ccc(-c5[c-]cccc5)nc4)c3C)cn2)cc1.[Ir+3]. The third kappa shape index (κ3) is 10.6. The van der Waals surface area contributed by atoms with Gasteiger partial charge >= 0.3 is 20.1 Å². The fourth-order valence-corrected chi connectivity index (χ4v) is 10.4. The van der Waals surface area contributed by atoms with Gasteiger partial charge in [0, 0.05) is 32.3 Å². The molecule has 1 aliphatic rings. The van der Waals surface area contributed by atoms with Gasteiger partial charge in [-0.1, -0.05) is 103 Å². The summed E-state index contributed by atoms with van der Waals surface area (Å²) in [6.07, 6.45) is 4.31. The Morgan fingerprint density at radius 1 is 0.586 bits per heavy atom. The van der Waals surface area contributed by atoms with Gasteiger partial charge in [0.25, 0.3) is 0 Å². The molecule has 5 aromatic carbocycles. The first kappa shape index (κ1) is 38.9. The zero-order valence-corrected chi connectivity index (χ0v) is 44.0. The van der Waals surface area contributed by atoms with Crippen molar-refractivity contribution in [2.24, 2.45) is 0 Å². The molecule has 4 heteroatoms. The topological polar surface area (TPSA) is 38.7 Å². The zero-order valence-electron chi connectivity index (χ0n) is 51.6. The predicted molar refractivity (Wildman–Crippen MR) is 288 cm³/mol. The number of benzene rings is 5. The third-order valence-electron chi connectivity index (χ3n) is 14.9. The van der Waals surface area contributed by atoms with E-state index in [9.17, 15) is 5.48 Å². The Morgan fingerprint density at radius 3 is 1.66 bits per heavy atom. The molecule has 3 nitrogen and oxygen atoms in total. The summed E-state index contributed by atoms with van der Waals surface area (Å²) < 4.78 is 92.2. The van der Waals surface area contributed by atoms with Crippen molar-refractivity contribution in [3.63, 3.8) is 0 Å². The second-order valence-corrected chi connectivity index (χ2v) is 20.6. The van der Waals surface area contributed by atoms with Gasteiger partial charge in [0.2, 0.25) is 0 Å². The molecule has 0 atom stereocenters. The van der Waals surface area contributed by atoms with E-state index in [2.05, 4.69) is 71.9 Å².